The Labute approximate surface area is 145 Å². The van der Waals surface area contributed by atoms with Gasteiger partial charge in [-0.25, -0.2) is 13.6 Å². The number of rotatable bonds is 6. The van der Waals surface area contributed by atoms with Crippen LogP contribution >= 0.6 is 11.8 Å². The maximum Gasteiger partial charge on any atom is 0.238 e. The van der Waals surface area contributed by atoms with Gasteiger partial charge in [0.25, 0.3) is 0 Å². The van der Waals surface area contributed by atoms with E-state index in [4.69, 9.17) is 10.9 Å². The SMILES string of the molecule is CCC(Sc1ccc(N)cc1)C(=O)Nc1ccc(S(N)(=O)=O)cc1. The Kier molecular flexibility index (Phi) is 5.87. The van der Waals surface area contributed by atoms with Gasteiger partial charge in [-0.1, -0.05) is 6.92 Å². The molecule has 2 rings (SSSR count). The van der Waals surface area contributed by atoms with Crippen LogP contribution in [0, 0.1) is 0 Å². The number of primary sulfonamides is 1. The van der Waals surface area contributed by atoms with Crippen molar-refractivity contribution in [2.24, 2.45) is 5.14 Å². The van der Waals surface area contributed by atoms with Crippen molar-refractivity contribution in [1.82, 2.24) is 0 Å². The molecule has 2 aromatic carbocycles. The number of hydrogen-bond donors (Lipinski definition) is 3. The van der Waals surface area contributed by atoms with Crippen molar-refractivity contribution in [2.75, 3.05) is 11.1 Å². The number of nitrogen functional groups attached to an aromatic ring is 1. The van der Waals surface area contributed by atoms with E-state index in [1.54, 1.807) is 12.1 Å². The zero-order chi connectivity index (χ0) is 17.7. The monoisotopic (exact) mass is 365 g/mol. The smallest absolute Gasteiger partial charge is 0.238 e. The van der Waals surface area contributed by atoms with Crippen LogP contribution in [-0.2, 0) is 14.8 Å². The molecule has 0 spiro atoms. The van der Waals surface area contributed by atoms with Gasteiger partial charge in [-0.2, -0.15) is 0 Å². The van der Waals surface area contributed by atoms with Crippen molar-refractivity contribution in [3.05, 3.63) is 48.5 Å². The van der Waals surface area contributed by atoms with Crippen molar-refractivity contribution in [3.63, 3.8) is 0 Å². The molecule has 0 saturated heterocycles. The van der Waals surface area contributed by atoms with Crippen molar-refractivity contribution in [3.8, 4) is 0 Å². The number of carbonyl (C=O) groups excluding carboxylic acids is 1. The van der Waals surface area contributed by atoms with E-state index in [1.165, 1.54) is 36.0 Å². The van der Waals surface area contributed by atoms with Crippen LogP contribution in [0.5, 0.6) is 0 Å². The van der Waals surface area contributed by atoms with Gasteiger partial charge in [-0.15, -0.1) is 11.8 Å². The molecule has 5 N–H and O–H groups in total. The number of hydrogen-bond acceptors (Lipinski definition) is 5. The van der Waals surface area contributed by atoms with Crippen LogP contribution in [0.2, 0.25) is 0 Å². The predicted octanol–water partition coefficient (Wildman–Crippen LogP) is 2.43. The Morgan fingerprint density at radius 2 is 1.71 bits per heavy atom. The molecule has 0 radical (unpaired) electrons. The van der Waals surface area contributed by atoms with Crippen LogP contribution in [-0.4, -0.2) is 19.6 Å². The third kappa shape index (κ3) is 4.98. The molecule has 0 aromatic heterocycles. The maximum atomic E-state index is 12.4. The fourth-order valence-electron chi connectivity index (χ4n) is 1.98. The number of sulfonamides is 1. The second-order valence-corrected chi connectivity index (χ2v) is 7.98. The van der Waals surface area contributed by atoms with Crippen molar-refractivity contribution in [2.45, 2.75) is 28.4 Å². The average Bonchev–Trinajstić information content (AvgIpc) is 2.54. The first kappa shape index (κ1) is 18.3. The zero-order valence-electron chi connectivity index (χ0n) is 13.1. The van der Waals surface area contributed by atoms with Crippen molar-refractivity contribution < 1.29 is 13.2 Å². The molecule has 0 aliphatic heterocycles. The highest BCUT2D eigenvalue weighted by molar-refractivity contribution is 8.00. The lowest BCUT2D eigenvalue weighted by Crippen LogP contribution is -2.24. The molecule has 0 fully saturated rings. The Morgan fingerprint density at radius 1 is 1.12 bits per heavy atom. The van der Waals surface area contributed by atoms with E-state index < -0.39 is 10.0 Å². The normalized spacial score (nSPS) is 12.6. The molecule has 0 saturated carbocycles. The minimum atomic E-state index is -3.74. The van der Waals surface area contributed by atoms with Crippen LogP contribution < -0.4 is 16.2 Å². The predicted molar refractivity (Wildman–Crippen MR) is 97.2 cm³/mol. The van der Waals surface area contributed by atoms with Gasteiger partial charge in [-0.05, 0) is 55.0 Å². The van der Waals surface area contributed by atoms with E-state index in [1.807, 2.05) is 19.1 Å². The summed E-state index contributed by atoms with van der Waals surface area (Å²) in [7, 11) is -3.74. The number of benzene rings is 2. The molecule has 0 bridgehead atoms. The lowest BCUT2D eigenvalue weighted by atomic mass is 10.2. The third-order valence-electron chi connectivity index (χ3n) is 3.27. The first-order valence-electron chi connectivity index (χ1n) is 7.25. The molecule has 24 heavy (non-hydrogen) atoms. The van der Waals surface area contributed by atoms with Crippen LogP contribution in [0.15, 0.2) is 58.3 Å². The number of nitrogens with two attached hydrogens (primary N) is 2. The van der Waals surface area contributed by atoms with Crippen molar-refractivity contribution >= 4 is 39.1 Å². The number of thioether (sulfide) groups is 1. The summed E-state index contributed by atoms with van der Waals surface area (Å²) in [5.74, 6) is -0.150. The summed E-state index contributed by atoms with van der Waals surface area (Å²) in [4.78, 5) is 13.4. The van der Waals surface area contributed by atoms with Gasteiger partial charge in [-0.3, -0.25) is 4.79 Å². The molecule has 8 heteroatoms. The molecule has 1 atom stereocenters. The van der Waals surface area contributed by atoms with Crippen LogP contribution in [0.3, 0.4) is 0 Å². The average molecular weight is 365 g/mol. The van der Waals surface area contributed by atoms with E-state index in [0.717, 1.165) is 4.90 Å². The van der Waals surface area contributed by atoms with Gasteiger partial charge in [0, 0.05) is 16.3 Å². The van der Waals surface area contributed by atoms with E-state index in [9.17, 15) is 13.2 Å². The summed E-state index contributed by atoms with van der Waals surface area (Å²) in [6.07, 6.45) is 0.649. The first-order valence-corrected chi connectivity index (χ1v) is 9.68. The molecule has 0 aliphatic rings. The lowest BCUT2D eigenvalue weighted by molar-refractivity contribution is -0.115. The highest BCUT2D eigenvalue weighted by Crippen LogP contribution is 2.27. The van der Waals surface area contributed by atoms with Crippen molar-refractivity contribution in [1.29, 1.82) is 0 Å². The topological polar surface area (TPSA) is 115 Å². The first-order chi connectivity index (χ1) is 11.3. The van der Waals surface area contributed by atoms with Gasteiger partial charge in [0.1, 0.15) is 0 Å². The lowest BCUT2D eigenvalue weighted by Gasteiger charge is -2.15. The molecule has 1 unspecified atom stereocenters. The summed E-state index contributed by atoms with van der Waals surface area (Å²) < 4.78 is 22.5. The quantitative estimate of drug-likeness (QED) is 0.537. The number of nitrogens with one attached hydrogen (secondary N) is 1. The summed E-state index contributed by atoms with van der Waals surface area (Å²) in [5, 5.41) is 7.56. The molecule has 0 aliphatic carbocycles. The summed E-state index contributed by atoms with van der Waals surface area (Å²) in [6.45, 7) is 1.93. The molecule has 2 aromatic rings. The van der Waals surface area contributed by atoms with E-state index in [2.05, 4.69) is 5.32 Å². The van der Waals surface area contributed by atoms with Crippen LogP contribution in [0.1, 0.15) is 13.3 Å². The fraction of sp³-hybridized carbons (Fsp3) is 0.188. The third-order valence-corrected chi connectivity index (χ3v) is 5.58. The minimum Gasteiger partial charge on any atom is -0.399 e. The molecule has 0 heterocycles. The zero-order valence-corrected chi connectivity index (χ0v) is 14.7. The fourth-order valence-corrected chi connectivity index (χ4v) is 3.45. The molecular formula is C16H19N3O3S2. The second kappa shape index (κ2) is 7.69. The standard InChI is InChI=1S/C16H19N3O3S2/c1-2-15(23-13-7-3-11(17)4-8-13)16(20)19-12-5-9-14(10-6-12)24(18,21)22/h3-10,15H,2,17H2,1H3,(H,19,20)(H2,18,21,22). The second-order valence-electron chi connectivity index (χ2n) is 5.14. The van der Waals surface area contributed by atoms with Gasteiger partial charge in [0.2, 0.25) is 15.9 Å². The van der Waals surface area contributed by atoms with Crippen LogP contribution in [0.4, 0.5) is 11.4 Å². The molecule has 6 nitrogen and oxygen atoms in total. The molecule has 1 amide bonds. The van der Waals surface area contributed by atoms with Gasteiger partial charge >= 0.3 is 0 Å². The van der Waals surface area contributed by atoms with E-state index in [0.29, 0.717) is 17.8 Å². The Bertz CT molecular complexity index is 803. The summed E-state index contributed by atoms with van der Waals surface area (Å²) in [5.41, 5.74) is 6.84. The number of anilines is 2. The van der Waals surface area contributed by atoms with Gasteiger partial charge in [0.05, 0.1) is 10.1 Å². The summed E-state index contributed by atoms with van der Waals surface area (Å²) in [6, 6.07) is 13.1. The highest BCUT2D eigenvalue weighted by atomic mass is 32.2. The number of carbonyl (C=O) groups is 1. The Morgan fingerprint density at radius 3 is 2.21 bits per heavy atom. The highest BCUT2D eigenvalue weighted by Gasteiger charge is 2.18. The van der Waals surface area contributed by atoms with E-state index in [-0.39, 0.29) is 16.1 Å². The van der Waals surface area contributed by atoms with E-state index >= 15 is 0 Å². The summed E-state index contributed by atoms with van der Waals surface area (Å²) >= 11 is 1.45. The van der Waals surface area contributed by atoms with Crippen LogP contribution in [0.25, 0.3) is 0 Å². The maximum absolute atomic E-state index is 12.4. The van der Waals surface area contributed by atoms with Gasteiger partial charge < -0.3 is 11.1 Å². The molecule has 128 valence electrons. The Hall–Kier alpha value is -2.03. The minimum absolute atomic E-state index is 0.00351. The number of amides is 1. The van der Waals surface area contributed by atoms with Gasteiger partial charge in [0.15, 0.2) is 0 Å². The largest absolute Gasteiger partial charge is 0.399 e. The Balaban J connectivity index is 2.05. The molecular weight excluding hydrogens is 346 g/mol.